The summed E-state index contributed by atoms with van der Waals surface area (Å²) in [7, 11) is 0. The number of fused-ring (bicyclic) bond motifs is 2. The number of rotatable bonds is 3. The summed E-state index contributed by atoms with van der Waals surface area (Å²) in [5.74, 6) is 0.706. The van der Waals surface area contributed by atoms with E-state index in [1.807, 2.05) is 0 Å². The zero-order valence-electron chi connectivity index (χ0n) is 13.0. The Morgan fingerprint density at radius 2 is 2.00 bits per heavy atom. The van der Waals surface area contributed by atoms with Crippen LogP contribution in [0.2, 0.25) is 0 Å². The van der Waals surface area contributed by atoms with E-state index in [-0.39, 0.29) is 17.5 Å². The van der Waals surface area contributed by atoms with E-state index in [9.17, 15) is 4.79 Å². The fraction of sp³-hybridized carbons (Fsp3) is 0.938. The van der Waals surface area contributed by atoms with Gasteiger partial charge in [-0.05, 0) is 30.6 Å². The van der Waals surface area contributed by atoms with Crippen molar-refractivity contribution < 1.29 is 19.2 Å². The van der Waals surface area contributed by atoms with E-state index in [4.69, 9.17) is 9.47 Å². The van der Waals surface area contributed by atoms with Gasteiger partial charge in [-0.1, -0.05) is 20.8 Å². The molecule has 2 aliphatic carbocycles. The molecule has 3 rings (SSSR count). The van der Waals surface area contributed by atoms with E-state index in [0.717, 1.165) is 38.6 Å². The highest BCUT2D eigenvalue weighted by atomic mass is 16.5. The van der Waals surface area contributed by atoms with Gasteiger partial charge in [0.15, 0.2) is 6.54 Å². The maximum atomic E-state index is 12.2. The summed E-state index contributed by atoms with van der Waals surface area (Å²) >= 11 is 0. The lowest BCUT2D eigenvalue weighted by Gasteiger charge is -2.38. The molecule has 3 atom stereocenters. The largest absolute Gasteiger partial charge is 0.458 e. The van der Waals surface area contributed by atoms with Crippen molar-refractivity contribution in [1.82, 2.24) is 0 Å². The second-order valence-corrected chi connectivity index (χ2v) is 7.63. The minimum atomic E-state index is -0.0172. The smallest absolute Gasteiger partial charge is 0.362 e. The first kappa shape index (κ1) is 14.3. The van der Waals surface area contributed by atoms with Gasteiger partial charge < -0.3 is 14.4 Å². The van der Waals surface area contributed by atoms with Gasteiger partial charge in [-0.25, -0.2) is 4.79 Å². The lowest BCUT2D eigenvalue weighted by atomic mass is 9.70. The molecule has 1 N–H and O–H groups in total. The van der Waals surface area contributed by atoms with Gasteiger partial charge in [0.05, 0.1) is 13.2 Å². The molecule has 2 bridgehead atoms. The maximum absolute atomic E-state index is 12.2. The topological polar surface area (TPSA) is 40.0 Å². The Kier molecular flexibility index (Phi) is 3.57. The molecule has 0 aromatic rings. The highest BCUT2D eigenvalue weighted by Crippen LogP contribution is 2.66. The molecule has 0 spiro atoms. The molecule has 1 heterocycles. The number of hydrogen-bond donors (Lipinski definition) is 1. The van der Waals surface area contributed by atoms with Crippen molar-refractivity contribution in [2.75, 3.05) is 32.8 Å². The number of hydrogen-bond acceptors (Lipinski definition) is 3. The maximum Gasteiger partial charge on any atom is 0.362 e. The number of quaternary nitrogens is 1. The second-order valence-electron chi connectivity index (χ2n) is 7.63. The Morgan fingerprint density at radius 1 is 1.30 bits per heavy atom. The van der Waals surface area contributed by atoms with Crippen molar-refractivity contribution in [3.8, 4) is 0 Å². The Hall–Kier alpha value is -0.610. The monoisotopic (exact) mass is 282 g/mol. The summed E-state index contributed by atoms with van der Waals surface area (Å²) in [5, 5.41) is 0. The van der Waals surface area contributed by atoms with Gasteiger partial charge in [-0.2, -0.15) is 0 Å². The molecule has 4 nitrogen and oxygen atoms in total. The fourth-order valence-electron chi connectivity index (χ4n) is 4.55. The highest BCUT2D eigenvalue weighted by Gasteiger charge is 2.62. The van der Waals surface area contributed by atoms with Crippen LogP contribution in [-0.4, -0.2) is 44.9 Å². The second kappa shape index (κ2) is 4.99. The predicted octanol–water partition coefficient (Wildman–Crippen LogP) is 0.660. The summed E-state index contributed by atoms with van der Waals surface area (Å²) in [4.78, 5) is 13.5. The van der Waals surface area contributed by atoms with Gasteiger partial charge in [0.25, 0.3) is 0 Å². The molecule has 1 saturated heterocycles. The average molecular weight is 282 g/mol. The first-order valence-corrected chi connectivity index (χ1v) is 8.04. The molecular weight excluding hydrogens is 254 g/mol. The fourth-order valence-corrected chi connectivity index (χ4v) is 4.55. The third kappa shape index (κ3) is 2.17. The summed E-state index contributed by atoms with van der Waals surface area (Å²) < 4.78 is 11.2. The summed E-state index contributed by atoms with van der Waals surface area (Å²) in [6, 6.07) is 0. The Bertz CT molecular complexity index is 389. The van der Waals surface area contributed by atoms with E-state index in [1.54, 1.807) is 0 Å². The first-order chi connectivity index (χ1) is 9.43. The van der Waals surface area contributed by atoms with Crippen LogP contribution in [0.15, 0.2) is 0 Å². The summed E-state index contributed by atoms with van der Waals surface area (Å²) in [6.07, 6.45) is 3.69. The van der Waals surface area contributed by atoms with Gasteiger partial charge in [0, 0.05) is 5.41 Å². The van der Waals surface area contributed by atoms with Crippen LogP contribution in [0.25, 0.3) is 0 Å². The number of carbonyl (C=O) groups excluding carboxylic acids is 1. The Balaban J connectivity index is 1.57. The number of carbonyl (C=O) groups is 1. The molecule has 0 unspecified atom stereocenters. The first-order valence-electron chi connectivity index (χ1n) is 8.04. The van der Waals surface area contributed by atoms with Crippen LogP contribution in [0.4, 0.5) is 0 Å². The van der Waals surface area contributed by atoms with E-state index < -0.39 is 0 Å². The van der Waals surface area contributed by atoms with Crippen molar-refractivity contribution in [1.29, 1.82) is 0 Å². The highest BCUT2D eigenvalue weighted by molar-refractivity contribution is 5.70. The molecule has 114 valence electrons. The summed E-state index contributed by atoms with van der Waals surface area (Å²) in [6.45, 7) is 10.9. The molecule has 4 heteroatoms. The molecule has 0 amide bonds. The zero-order valence-corrected chi connectivity index (χ0v) is 13.0. The lowest BCUT2D eigenvalue weighted by Crippen LogP contribution is -3.15. The van der Waals surface area contributed by atoms with E-state index in [2.05, 4.69) is 20.8 Å². The van der Waals surface area contributed by atoms with Gasteiger partial charge in [-0.15, -0.1) is 0 Å². The van der Waals surface area contributed by atoms with E-state index in [1.165, 1.54) is 17.7 Å². The Morgan fingerprint density at radius 3 is 2.55 bits per heavy atom. The molecular formula is C16H28NO3+. The van der Waals surface area contributed by atoms with Crippen LogP contribution in [-0.2, 0) is 14.3 Å². The van der Waals surface area contributed by atoms with Gasteiger partial charge in [0.2, 0.25) is 0 Å². The molecule has 0 aromatic heterocycles. The number of morpholine rings is 1. The van der Waals surface area contributed by atoms with Crippen LogP contribution in [0.3, 0.4) is 0 Å². The van der Waals surface area contributed by atoms with E-state index in [0.29, 0.717) is 12.0 Å². The number of nitrogens with one attached hydrogen (secondary N) is 1. The molecule has 20 heavy (non-hydrogen) atoms. The SMILES string of the molecule is CC1(C)[C@@H]2CC[C@]1(C)[C@H](OC(=O)C[NH+]1CCOCC1)C2. The quantitative estimate of drug-likeness (QED) is 0.773. The van der Waals surface area contributed by atoms with Crippen LogP contribution < -0.4 is 4.90 Å². The molecule has 0 aromatic carbocycles. The third-order valence-corrected chi connectivity index (χ3v) is 6.58. The molecule has 0 radical (unpaired) electrons. The normalized spacial score (nSPS) is 40.0. The number of esters is 1. The Labute approximate surface area is 121 Å². The minimum absolute atomic E-state index is 0.0172. The van der Waals surface area contributed by atoms with Crippen LogP contribution in [0.5, 0.6) is 0 Å². The van der Waals surface area contributed by atoms with Crippen molar-refractivity contribution in [3.63, 3.8) is 0 Å². The third-order valence-electron chi connectivity index (χ3n) is 6.58. The standard InChI is InChI=1S/C16H27NO3/c1-15(2)12-4-5-16(15,3)13(10-12)20-14(18)11-17-6-8-19-9-7-17/h12-13H,4-11H2,1-3H3/p+1/t12-,13-,16-/m1/s1. The average Bonchev–Trinajstić information content (AvgIpc) is 2.73. The van der Waals surface area contributed by atoms with E-state index >= 15 is 0 Å². The van der Waals surface area contributed by atoms with Gasteiger partial charge in [0.1, 0.15) is 19.2 Å². The van der Waals surface area contributed by atoms with Crippen molar-refractivity contribution >= 4 is 5.97 Å². The lowest BCUT2D eigenvalue weighted by molar-refractivity contribution is -0.900. The molecule has 3 aliphatic rings. The molecule has 3 fully saturated rings. The molecule has 2 saturated carbocycles. The van der Waals surface area contributed by atoms with Crippen LogP contribution in [0, 0.1) is 16.7 Å². The summed E-state index contributed by atoms with van der Waals surface area (Å²) in [5.41, 5.74) is 0.484. The van der Waals surface area contributed by atoms with Crippen molar-refractivity contribution in [2.24, 2.45) is 16.7 Å². The van der Waals surface area contributed by atoms with Crippen LogP contribution >= 0.6 is 0 Å². The zero-order chi connectivity index (χ0) is 14.4. The minimum Gasteiger partial charge on any atom is -0.458 e. The van der Waals surface area contributed by atoms with Gasteiger partial charge >= 0.3 is 5.97 Å². The molecule has 1 aliphatic heterocycles. The van der Waals surface area contributed by atoms with Crippen LogP contribution in [0.1, 0.15) is 40.0 Å². The van der Waals surface area contributed by atoms with Crippen molar-refractivity contribution in [3.05, 3.63) is 0 Å². The van der Waals surface area contributed by atoms with Gasteiger partial charge in [-0.3, -0.25) is 0 Å². The predicted molar refractivity (Wildman–Crippen MR) is 75.5 cm³/mol. The number of ether oxygens (including phenoxy) is 2. The van der Waals surface area contributed by atoms with Crippen molar-refractivity contribution in [2.45, 2.75) is 46.1 Å².